The molecular weight excluding hydrogens is 490 g/mol. The first-order chi connectivity index (χ1) is 17.6. The van der Waals surface area contributed by atoms with Crippen LogP contribution in [0, 0.1) is 11.3 Å². The zero-order valence-corrected chi connectivity index (χ0v) is 23.3. The van der Waals surface area contributed by atoms with E-state index in [4.69, 9.17) is 16.3 Å². The Hall–Kier alpha value is -2.58. The lowest BCUT2D eigenvalue weighted by Gasteiger charge is -2.42. The number of nitrogens with zero attached hydrogens (tertiary/aromatic N) is 5. The summed E-state index contributed by atoms with van der Waals surface area (Å²) in [5.41, 5.74) is 1.24. The highest BCUT2D eigenvalue weighted by Crippen LogP contribution is 2.37. The summed E-state index contributed by atoms with van der Waals surface area (Å²) < 4.78 is 7.89. The van der Waals surface area contributed by atoms with Gasteiger partial charge in [-0.05, 0) is 62.6 Å². The molecule has 0 spiro atoms. The van der Waals surface area contributed by atoms with Crippen molar-refractivity contribution in [1.29, 1.82) is 0 Å². The summed E-state index contributed by atoms with van der Waals surface area (Å²) in [7, 11) is 3.92. The Morgan fingerprint density at radius 3 is 2.27 bits per heavy atom. The Kier molecular flexibility index (Phi) is 8.80. The number of likely N-dealkylation sites (tertiary alicyclic amines) is 1. The van der Waals surface area contributed by atoms with Crippen molar-refractivity contribution in [2.45, 2.75) is 39.5 Å². The van der Waals surface area contributed by atoms with Gasteiger partial charge in [-0.15, -0.1) is 0 Å². The topological polar surface area (TPSA) is 70.9 Å². The number of benzene rings is 1. The molecule has 2 aliphatic rings. The molecule has 4 rings (SSSR count). The van der Waals surface area contributed by atoms with E-state index in [-0.39, 0.29) is 17.2 Å². The fraction of sp³-hybridized carbons (Fsp3) is 0.607. The predicted molar refractivity (Wildman–Crippen MR) is 145 cm³/mol. The maximum Gasteiger partial charge on any atom is 0.272 e. The average Bonchev–Trinajstić information content (AvgIpc) is 3.23. The smallest absolute Gasteiger partial charge is 0.272 e. The van der Waals surface area contributed by atoms with Gasteiger partial charge in [0.1, 0.15) is 11.4 Å². The number of aromatic nitrogens is 2. The molecule has 2 aliphatic heterocycles. The molecule has 2 saturated heterocycles. The van der Waals surface area contributed by atoms with Crippen LogP contribution in [0.5, 0.6) is 5.75 Å². The number of hydrogen-bond acceptors (Lipinski definition) is 5. The van der Waals surface area contributed by atoms with E-state index in [0.717, 1.165) is 44.0 Å². The van der Waals surface area contributed by atoms with Crippen molar-refractivity contribution < 1.29 is 14.3 Å². The molecule has 2 fully saturated rings. The van der Waals surface area contributed by atoms with Gasteiger partial charge in [0.15, 0.2) is 0 Å². The number of ether oxygens (including phenoxy) is 1. The first-order valence-electron chi connectivity index (χ1n) is 13.3. The minimum absolute atomic E-state index is 0.00243. The number of halogens is 1. The SMILES string of the molecule is CC(C)Cc1cc(C(=O)N2CCC(COc3ccc(Cl)cc3)(CC(=O)N3CCN(C)CC3)CC2)n(C)n1. The molecule has 0 N–H and O–H groups in total. The van der Waals surface area contributed by atoms with Gasteiger partial charge in [0, 0.05) is 63.2 Å². The molecule has 0 bridgehead atoms. The molecule has 2 amide bonds. The highest BCUT2D eigenvalue weighted by Gasteiger charge is 2.40. The molecule has 0 saturated carbocycles. The van der Waals surface area contributed by atoms with E-state index in [2.05, 4.69) is 30.9 Å². The Morgan fingerprint density at radius 1 is 1.00 bits per heavy atom. The molecule has 0 atom stereocenters. The summed E-state index contributed by atoms with van der Waals surface area (Å²) in [6.45, 7) is 9.21. The lowest BCUT2D eigenvalue weighted by Crippen LogP contribution is -2.51. The Bertz CT molecular complexity index is 1070. The van der Waals surface area contributed by atoms with Crippen LogP contribution >= 0.6 is 11.6 Å². The van der Waals surface area contributed by atoms with Crippen LogP contribution in [-0.4, -0.2) is 89.2 Å². The van der Waals surface area contributed by atoms with Crippen LogP contribution in [-0.2, 0) is 18.3 Å². The third-order valence-electron chi connectivity index (χ3n) is 7.62. The Balaban J connectivity index is 1.44. The summed E-state index contributed by atoms with van der Waals surface area (Å²) in [6.07, 6.45) is 2.70. The van der Waals surface area contributed by atoms with Crippen molar-refractivity contribution in [2.75, 3.05) is 52.9 Å². The number of rotatable bonds is 8. The highest BCUT2D eigenvalue weighted by atomic mass is 35.5. The van der Waals surface area contributed by atoms with Gasteiger partial charge in [-0.3, -0.25) is 14.3 Å². The van der Waals surface area contributed by atoms with Crippen molar-refractivity contribution in [1.82, 2.24) is 24.5 Å². The van der Waals surface area contributed by atoms with Crippen LogP contribution in [0.3, 0.4) is 0 Å². The van der Waals surface area contributed by atoms with E-state index >= 15 is 0 Å². The van der Waals surface area contributed by atoms with Crippen LogP contribution in [0.2, 0.25) is 5.02 Å². The van der Waals surface area contributed by atoms with Crippen molar-refractivity contribution >= 4 is 23.4 Å². The molecular formula is C28H40ClN5O3. The van der Waals surface area contributed by atoms with Gasteiger partial charge in [-0.2, -0.15) is 5.10 Å². The molecule has 8 nitrogen and oxygen atoms in total. The lowest BCUT2D eigenvalue weighted by molar-refractivity contribution is -0.136. The first-order valence-corrected chi connectivity index (χ1v) is 13.7. The number of amides is 2. The summed E-state index contributed by atoms with van der Waals surface area (Å²) in [6, 6.07) is 9.25. The summed E-state index contributed by atoms with van der Waals surface area (Å²) >= 11 is 6.03. The Morgan fingerprint density at radius 2 is 1.65 bits per heavy atom. The maximum absolute atomic E-state index is 13.4. The van der Waals surface area contributed by atoms with E-state index in [0.29, 0.717) is 55.6 Å². The monoisotopic (exact) mass is 529 g/mol. The molecule has 2 aromatic rings. The molecule has 37 heavy (non-hydrogen) atoms. The number of carbonyl (C=O) groups excluding carboxylic acids is 2. The van der Waals surface area contributed by atoms with E-state index in [1.54, 1.807) is 4.68 Å². The molecule has 3 heterocycles. The molecule has 0 aliphatic carbocycles. The first kappa shape index (κ1) is 27.5. The average molecular weight is 530 g/mol. The quantitative estimate of drug-likeness (QED) is 0.521. The normalized spacial score (nSPS) is 18.3. The third kappa shape index (κ3) is 7.05. The molecule has 9 heteroatoms. The standard InChI is InChI=1S/C28H40ClN5O3/c1-21(2)17-23-18-25(32(4)30-23)27(36)34-11-9-28(10-12-34,20-37-24-7-5-22(29)6-8-24)19-26(35)33-15-13-31(3)14-16-33/h5-8,18,21H,9-17,19-20H2,1-4H3. The van der Waals surface area contributed by atoms with Crippen molar-refractivity contribution in [2.24, 2.45) is 18.4 Å². The zero-order valence-electron chi connectivity index (χ0n) is 22.6. The van der Waals surface area contributed by atoms with Crippen LogP contribution in [0.1, 0.15) is 49.3 Å². The summed E-state index contributed by atoms with van der Waals surface area (Å²) in [5, 5.41) is 5.21. The van der Waals surface area contributed by atoms with E-state index in [1.165, 1.54) is 0 Å². The minimum Gasteiger partial charge on any atom is -0.493 e. The highest BCUT2D eigenvalue weighted by molar-refractivity contribution is 6.30. The zero-order chi connectivity index (χ0) is 26.6. The van der Waals surface area contributed by atoms with Crippen LogP contribution < -0.4 is 4.74 Å². The second-order valence-electron chi connectivity index (χ2n) is 11.1. The van der Waals surface area contributed by atoms with E-state index in [1.807, 2.05) is 47.2 Å². The summed E-state index contributed by atoms with van der Waals surface area (Å²) in [5.74, 6) is 1.40. The van der Waals surface area contributed by atoms with Gasteiger partial charge in [0.05, 0.1) is 12.3 Å². The largest absolute Gasteiger partial charge is 0.493 e. The van der Waals surface area contributed by atoms with Gasteiger partial charge in [-0.25, -0.2) is 0 Å². The van der Waals surface area contributed by atoms with E-state index < -0.39 is 0 Å². The Labute approximate surface area is 225 Å². The number of aryl methyl sites for hydroxylation is 1. The lowest BCUT2D eigenvalue weighted by atomic mass is 9.75. The summed E-state index contributed by atoms with van der Waals surface area (Å²) in [4.78, 5) is 32.9. The molecule has 1 aromatic heterocycles. The van der Waals surface area contributed by atoms with Crippen LogP contribution in [0.4, 0.5) is 0 Å². The molecule has 1 aromatic carbocycles. The minimum atomic E-state index is -0.327. The fourth-order valence-corrected chi connectivity index (χ4v) is 5.34. The van der Waals surface area contributed by atoms with E-state index in [9.17, 15) is 9.59 Å². The van der Waals surface area contributed by atoms with Crippen molar-refractivity contribution in [3.63, 3.8) is 0 Å². The van der Waals surface area contributed by atoms with Crippen molar-refractivity contribution in [3.05, 3.63) is 46.7 Å². The van der Waals surface area contributed by atoms with Gasteiger partial charge in [0.2, 0.25) is 5.91 Å². The van der Waals surface area contributed by atoms with Crippen LogP contribution in [0.15, 0.2) is 30.3 Å². The maximum atomic E-state index is 13.4. The predicted octanol–water partition coefficient (Wildman–Crippen LogP) is 3.74. The molecule has 0 unspecified atom stereocenters. The van der Waals surface area contributed by atoms with Gasteiger partial charge in [0.25, 0.3) is 5.91 Å². The second kappa shape index (κ2) is 11.9. The van der Waals surface area contributed by atoms with Gasteiger partial charge in [-0.1, -0.05) is 25.4 Å². The van der Waals surface area contributed by atoms with Crippen LogP contribution in [0.25, 0.3) is 0 Å². The van der Waals surface area contributed by atoms with Gasteiger partial charge >= 0.3 is 0 Å². The fourth-order valence-electron chi connectivity index (χ4n) is 5.22. The number of hydrogen-bond donors (Lipinski definition) is 0. The number of likely N-dealkylation sites (N-methyl/N-ethyl adjacent to an activating group) is 1. The van der Waals surface area contributed by atoms with Gasteiger partial charge < -0.3 is 19.4 Å². The third-order valence-corrected chi connectivity index (χ3v) is 7.87. The van der Waals surface area contributed by atoms with Crippen molar-refractivity contribution in [3.8, 4) is 5.75 Å². The second-order valence-corrected chi connectivity index (χ2v) is 11.6. The number of carbonyl (C=O) groups is 2. The molecule has 0 radical (unpaired) electrons. The number of piperazine rings is 1. The molecule has 202 valence electrons. The number of piperidine rings is 1.